The van der Waals surface area contributed by atoms with Crippen LogP contribution in [-0.4, -0.2) is 56.6 Å². The number of aliphatic hydroxyl groups is 1. The largest absolute Gasteiger partial charge is 0.389 e. The lowest BCUT2D eigenvalue weighted by molar-refractivity contribution is 0.00161. The van der Waals surface area contributed by atoms with Crippen LogP contribution in [0, 0.1) is 0 Å². The SMILES string of the molecule is COCCOCC(O)CN(C)Cc1ccccc1Cl. The molecule has 0 saturated carbocycles. The van der Waals surface area contributed by atoms with Crippen molar-refractivity contribution in [1.82, 2.24) is 4.90 Å². The quantitative estimate of drug-likeness (QED) is 0.703. The fourth-order valence-electron chi connectivity index (χ4n) is 1.76. The first-order valence-corrected chi connectivity index (χ1v) is 6.68. The number of hydrogen-bond donors (Lipinski definition) is 1. The molecule has 0 spiro atoms. The standard InChI is InChI=1S/C14H22ClNO3/c1-16(9-12-5-3-4-6-14(12)15)10-13(17)11-19-8-7-18-2/h3-6,13,17H,7-11H2,1-2H3. The molecule has 0 heterocycles. The van der Waals surface area contributed by atoms with Crippen molar-refractivity contribution >= 4 is 11.6 Å². The van der Waals surface area contributed by atoms with Crippen LogP contribution >= 0.6 is 11.6 Å². The van der Waals surface area contributed by atoms with Gasteiger partial charge in [0.2, 0.25) is 0 Å². The molecule has 1 unspecified atom stereocenters. The highest BCUT2D eigenvalue weighted by Gasteiger charge is 2.10. The second-order valence-corrected chi connectivity index (χ2v) is 4.92. The van der Waals surface area contributed by atoms with Crippen molar-refractivity contribution < 1.29 is 14.6 Å². The first-order chi connectivity index (χ1) is 9.13. The van der Waals surface area contributed by atoms with E-state index in [4.69, 9.17) is 21.1 Å². The summed E-state index contributed by atoms with van der Waals surface area (Å²) in [5, 5.41) is 10.6. The van der Waals surface area contributed by atoms with Gasteiger partial charge in [-0.1, -0.05) is 29.8 Å². The molecule has 0 aromatic heterocycles. The zero-order valence-electron chi connectivity index (χ0n) is 11.5. The number of nitrogens with zero attached hydrogens (tertiary/aromatic N) is 1. The summed E-state index contributed by atoms with van der Waals surface area (Å²) in [4.78, 5) is 2.02. The van der Waals surface area contributed by atoms with E-state index in [1.165, 1.54) is 0 Å². The van der Waals surface area contributed by atoms with E-state index in [9.17, 15) is 5.11 Å². The third kappa shape index (κ3) is 6.89. The molecule has 0 amide bonds. The predicted molar refractivity (Wildman–Crippen MR) is 76.5 cm³/mol. The number of methoxy groups -OCH3 is 1. The van der Waals surface area contributed by atoms with Gasteiger partial charge in [-0.25, -0.2) is 0 Å². The average molecular weight is 288 g/mol. The highest BCUT2D eigenvalue weighted by Crippen LogP contribution is 2.16. The Hall–Kier alpha value is -0.650. The Morgan fingerprint density at radius 3 is 2.74 bits per heavy atom. The minimum absolute atomic E-state index is 0.316. The summed E-state index contributed by atoms with van der Waals surface area (Å²) in [6.45, 7) is 2.60. The van der Waals surface area contributed by atoms with E-state index in [0.717, 1.165) is 10.6 Å². The van der Waals surface area contributed by atoms with Crippen LogP contribution in [0.1, 0.15) is 5.56 Å². The van der Waals surface area contributed by atoms with Crippen molar-refractivity contribution in [3.63, 3.8) is 0 Å². The summed E-state index contributed by atoms with van der Waals surface area (Å²) in [7, 11) is 3.57. The summed E-state index contributed by atoms with van der Waals surface area (Å²) >= 11 is 6.10. The molecule has 1 atom stereocenters. The number of benzene rings is 1. The van der Waals surface area contributed by atoms with Crippen molar-refractivity contribution in [2.24, 2.45) is 0 Å². The molecular formula is C14H22ClNO3. The molecule has 0 aliphatic heterocycles. The number of likely N-dealkylation sites (N-methyl/N-ethyl adjacent to an activating group) is 1. The normalized spacial score (nSPS) is 12.9. The average Bonchev–Trinajstić information content (AvgIpc) is 2.37. The van der Waals surface area contributed by atoms with Crippen LogP contribution in [0.2, 0.25) is 5.02 Å². The molecule has 1 aromatic rings. The number of halogens is 1. The zero-order valence-corrected chi connectivity index (χ0v) is 12.3. The van der Waals surface area contributed by atoms with Gasteiger partial charge in [0, 0.05) is 25.2 Å². The molecule has 0 fully saturated rings. The molecule has 0 saturated heterocycles. The van der Waals surface area contributed by atoms with Crippen LogP contribution < -0.4 is 0 Å². The summed E-state index contributed by atoms with van der Waals surface area (Å²) in [6.07, 6.45) is -0.510. The van der Waals surface area contributed by atoms with Crippen molar-refractivity contribution in [3.8, 4) is 0 Å². The third-order valence-corrected chi connectivity index (χ3v) is 3.03. The Kier molecular flexibility index (Phi) is 8.02. The van der Waals surface area contributed by atoms with Crippen LogP contribution in [0.5, 0.6) is 0 Å². The summed E-state index contributed by atoms with van der Waals surface area (Å²) in [5.41, 5.74) is 1.05. The third-order valence-electron chi connectivity index (χ3n) is 2.66. The lowest BCUT2D eigenvalue weighted by Gasteiger charge is -2.21. The Morgan fingerprint density at radius 1 is 1.32 bits per heavy atom. The molecule has 1 aromatic carbocycles. The fourth-order valence-corrected chi connectivity index (χ4v) is 1.95. The van der Waals surface area contributed by atoms with Crippen LogP contribution in [0.25, 0.3) is 0 Å². The Bertz CT molecular complexity index is 362. The smallest absolute Gasteiger partial charge is 0.0900 e. The Labute approximate surface area is 119 Å². The van der Waals surface area contributed by atoms with Crippen molar-refractivity contribution in [1.29, 1.82) is 0 Å². The van der Waals surface area contributed by atoms with Gasteiger partial charge in [0.15, 0.2) is 0 Å². The van der Waals surface area contributed by atoms with E-state index < -0.39 is 6.10 Å². The first-order valence-electron chi connectivity index (χ1n) is 6.30. The van der Waals surface area contributed by atoms with Gasteiger partial charge in [-0.3, -0.25) is 4.90 Å². The molecule has 0 aliphatic carbocycles. The van der Waals surface area contributed by atoms with Gasteiger partial charge in [0.05, 0.1) is 25.9 Å². The van der Waals surface area contributed by atoms with Crippen molar-refractivity contribution in [3.05, 3.63) is 34.9 Å². The van der Waals surface area contributed by atoms with Crippen LogP contribution in [0.4, 0.5) is 0 Å². The molecular weight excluding hydrogens is 266 g/mol. The van der Waals surface area contributed by atoms with E-state index in [1.807, 2.05) is 36.2 Å². The van der Waals surface area contributed by atoms with Gasteiger partial charge < -0.3 is 14.6 Å². The van der Waals surface area contributed by atoms with Crippen molar-refractivity contribution in [2.45, 2.75) is 12.6 Å². The summed E-state index contributed by atoms with van der Waals surface area (Å²) in [5.74, 6) is 0. The number of aliphatic hydroxyl groups excluding tert-OH is 1. The van der Waals surface area contributed by atoms with Gasteiger partial charge in [0.25, 0.3) is 0 Å². The van der Waals surface area contributed by atoms with E-state index in [2.05, 4.69) is 0 Å². The Balaban J connectivity index is 2.26. The van der Waals surface area contributed by atoms with Gasteiger partial charge in [-0.2, -0.15) is 0 Å². The fraction of sp³-hybridized carbons (Fsp3) is 0.571. The lowest BCUT2D eigenvalue weighted by Crippen LogP contribution is -2.32. The van der Waals surface area contributed by atoms with E-state index in [1.54, 1.807) is 7.11 Å². The maximum atomic E-state index is 9.83. The molecule has 1 rings (SSSR count). The highest BCUT2D eigenvalue weighted by atomic mass is 35.5. The summed E-state index contributed by atoms with van der Waals surface area (Å²) in [6, 6.07) is 7.72. The second-order valence-electron chi connectivity index (χ2n) is 4.51. The number of ether oxygens (including phenoxy) is 2. The molecule has 4 nitrogen and oxygen atoms in total. The monoisotopic (exact) mass is 287 g/mol. The van der Waals surface area contributed by atoms with Crippen LogP contribution in [-0.2, 0) is 16.0 Å². The Morgan fingerprint density at radius 2 is 2.05 bits per heavy atom. The molecule has 0 aliphatic rings. The zero-order chi connectivity index (χ0) is 14.1. The molecule has 5 heteroatoms. The highest BCUT2D eigenvalue weighted by molar-refractivity contribution is 6.31. The van der Waals surface area contributed by atoms with Gasteiger partial charge in [-0.05, 0) is 18.7 Å². The number of hydrogen-bond acceptors (Lipinski definition) is 4. The van der Waals surface area contributed by atoms with Gasteiger partial charge in [-0.15, -0.1) is 0 Å². The maximum absolute atomic E-state index is 9.83. The molecule has 1 N–H and O–H groups in total. The van der Waals surface area contributed by atoms with Gasteiger partial charge in [0.1, 0.15) is 0 Å². The minimum Gasteiger partial charge on any atom is -0.389 e. The molecule has 0 bridgehead atoms. The lowest BCUT2D eigenvalue weighted by atomic mass is 10.2. The molecule has 0 radical (unpaired) electrons. The van der Waals surface area contributed by atoms with E-state index in [0.29, 0.717) is 32.9 Å². The summed E-state index contributed by atoms with van der Waals surface area (Å²) < 4.78 is 10.1. The predicted octanol–water partition coefficient (Wildman–Crippen LogP) is 1.80. The molecule has 108 valence electrons. The topological polar surface area (TPSA) is 41.9 Å². The van der Waals surface area contributed by atoms with E-state index >= 15 is 0 Å². The molecule has 19 heavy (non-hydrogen) atoms. The minimum atomic E-state index is -0.510. The van der Waals surface area contributed by atoms with Crippen molar-refractivity contribution in [2.75, 3.05) is 40.5 Å². The second kappa shape index (κ2) is 9.28. The van der Waals surface area contributed by atoms with Crippen LogP contribution in [0.15, 0.2) is 24.3 Å². The maximum Gasteiger partial charge on any atom is 0.0900 e. The van der Waals surface area contributed by atoms with Crippen LogP contribution in [0.3, 0.4) is 0 Å². The first kappa shape index (κ1) is 16.4. The van der Waals surface area contributed by atoms with E-state index in [-0.39, 0.29) is 0 Å². The van der Waals surface area contributed by atoms with Gasteiger partial charge >= 0.3 is 0 Å². The number of rotatable bonds is 9.